The van der Waals surface area contributed by atoms with Gasteiger partial charge in [-0.15, -0.1) is 0 Å². The number of halogens is 1. The van der Waals surface area contributed by atoms with E-state index in [2.05, 4.69) is 25.7 Å². The zero-order valence-electron chi connectivity index (χ0n) is 13.1. The number of nitrogens with one attached hydrogen (secondary N) is 2. The molecule has 0 amide bonds. The summed E-state index contributed by atoms with van der Waals surface area (Å²) in [4.78, 5) is 8.43. The number of aromatic nitrogens is 4. The van der Waals surface area contributed by atoms with E-state index in [0.29, 0.717) is 22.4 Å². The quantitative estimate of drug-likeness (QED) is 0.758. The lowest BCUT2D eigenvalue weighted by atomic mass is 10.3. The van der Waals surface area contributed by atoms with Crippen molar-refractivity contribution in [3.63, 3.8) is 0 Å². The van der Waals surface area contributed by atoms with Gasteiger partial charge in [0.25, 0.3) is 0 Å². The third-order valence-electron chi connectivity index (χ3n) is 3.47. The molecule has 0 radical (unpaired) electrons. The van der Waals surface area contributed by atoms with Crippen molar-refractivity contribution in [2.45, 2.75) is 6.92 Å². The predicted octanol–water partition coefficient (Wildman–Crippen LogP) is 3.28. The van der Waals surface area contributed by atoms with Crippen molar-refractivity contribution < 1.29 is 0 Å². The van der Waals surface area contributed by atoms with E-state index in [4.69, 9.17) is 16.9 Å². The number of anilines is 3. The Morgan fingerprint density at radius 2 is 1.96 bits per heavy atom. The van der Waals surface area contributed by atoms with Gasteiger partial charge in [0.15, 0.2) is 0 Å². The van der Waals surface area contributed by atoms with E-state index >= 15 is 0 Å². The number of rotatable bonds is 4. The Bertz CT molecular complexity index is 909. The smallest absolute Gasteiger partial charge is 0.229 e. The first kappa shape index (κ1) is 15.8. The van der Waals surface area contributed by atoms with Crippen LogP contribution in [-0.2, 0) is 0 Å². The van der Waals surface area contributed by atoms with E-state index in [-0.39, 0.29) is 0 Å². The molecule has 0 saturated heterocycles. The second-order valence-electron chi connectivity index (χ2n) is 4.97. The van der Waals surface area contributed by atoms with Gasteiger partial charge in [0, 0.05) is 12.1 Å². The summed E-state index contributed by atoms with van der Waals surface area (Å²) in [5.74, 6) is 0.856. The van der Waals surface area contributed by atoms with E-state index < -0.39 is 0 Å². The SMILES string of the molecule is CNc1nc(Nc2cnn(-c3ccc(Cl)cc3)c2C)ncc1C#N. The van der Waals surface area contributed by atoms with E-state index in [1.165, 1.54) is 6.20 Å². The lowest BCUT2D eigenvalue weighted by Crippen LogP contribution is -2.04. The molecule has 0 spiro atoms. The van der Waals surface area contributed by atoms with Crippen LogP contribution in [0.15, 0.2) is 36.7 Å². The van der Waals surface area contributed by atoms with Gasteiger partial charge in [0.2, 0.25) is 5.95 Å². The number of nitriles is 1. The molecule has 24 heavy (non-hydrogen) atoms. The van der Waals surface area contributed by atoms with Gasteiger partial charge in [-0.2, -0.15) is 15.3 Å². The van der Waals surface area contributed by atoms with Crippen LogP contribution in [0.5, 0.6) is 0 Å². The minimum absolute atomic E-state index is 0.386. The molecule has 0 bridgehead atoms. The van der Waals surface area contributed by atoms with Crippen LogP contribution < -0.4 is 10.6 Å². The first-order valence-corrected chi connectivity index (χ1v) is 7.52. The van der Waals surface area contributed by atoms with Crippen LogP contribution >= 0.6 is 11.6 Å². The summed E-state index contributed by atoms with van der Waals surface area (Å²) in [6.07, 6.45) is 3.17. The van der Waals surface area contributed by atoms with Gasteiger partial charge in [-0.3, -0.25) is 0 Å². The third kappa shape index (κ3) is 3.00. The first-order valence-electron chi connectivity index (χ1n) is 7.15. The lowest BCUT2D eigenvalue weighted by molar-refractivity contribution is 0.847. The average Bonchev–Trinajstić information content (AvgIpc) is 2.96. The summed E-state index contributed by atoms with van der Waals surface area (Å²) in [6, 6.07) is 9.45. The first-order chi connectivity index (χ1) is 11.6. The number of hydrogen-bond donors (Lipinski definition) is 2. The summed E-state index contributed by atoms with van der Waals surface area (Å²) in [6.45, 7) is 1.94. The third-order valence-corrected chi connectivity index (χ3v) is 3.73. The van der Waals surface area contributed by atoms with Crippen LogP contribution in [0.3, 0.4) is 0 Å². The molecule has 3 rings (SSSR count). The molecular weight excluding hydrogens is 326 g/mol. The number of benzene rings is 1. The molecule has 3 aromatic rings. The van der Waals surface area contributed by atoms with Gasteiger partial charge >= 0.3 is 0 Å². The molecule has 8 heteroatoms. The van der Waals surface area contributed by atoms with Crippen LogP contribution in [0.4, 0.5) is 17.5 Å². The van der Waals surface area contributed by atoms with E-state index in [1.807, 2.05) is 37.3 Å². The summed E-state index contributed by atoms with van der Waals surface area (Å²) >= 11 is 5.92. The van der Waals surface area contributed by atoms with Crippen molar-refractivity contribution in [2.24, 2.45) is 0 Å². The minimum atomic E-state index is 0.386. The van der Waals surface area contributed by atoms with E-state index in [1.54, 1.807) is 17.9 Å². The molecule has 0 fully saturated rings. The van der Waals surface area contributed by atoms with Gasteiger partial charge in [0.05, 0.1) is 29.5 Å². The van der Waals surface area contributed by atoms with Crippen LogP contribution in [0.25, 0.3) is 5.69 Å². The maximum atomic E-state index is 9.01. The van der Waals surface area contributed by atoms with Crippen molar-refractivity contribution in [1.29, 1.82) is 5.26 Å². The Morgan fingerprint density at radius 1 is 1.21 bits per heavy atom. The van der Waals surface area contributed by atoms with Crippen LogP contribution in [-0.4, -0.2) is 26.8 Å². The molecule has 0 unspecified atom stereocenters. The molecule has 0 atom stereocenters. The van der Waals surface area contributed by atoms with Gasteiger partial charge < -0.3 is 10.6 Å². The summed E-state index contributed by atoms with van der Waals surface area (Å²) in [7, 11) is 1.71. The van der Waals surface area contributed by atoms with Crippen molar-refractivity contribution in [3.05, 3.63) is 52.9 Å². The van der Waals surface area contributed by atoms with Gasteiger partial charge in [-0.25, -0.2) is 9.67 Å². The van der Waals surface area contributed by atoms with E-state index in [9.17, 15) is 0 Å². The molecule has 0 saturated carbocycles. The van der Waals surface area contributed by atoms with Crippen LogP contribution in [0.1, 0.15) is 11.3 Å². The van der Waals surface area contributed by atoms with Gasteiger partial charge in [0.1, 0.15) is 17.5 Å². The van der Waals surface area contributed by atoms with Crippen molar-refractivity contribution in [3.8, 4) is 11.8 Å². The van der Waals surface area contributed by atoms with Crippen molar-refractivity contribution in [2.75, 3.05) is 17.7 Å². The molecule has 2 N–H and O–H groups in total. The number of nitrogens with zero attached hydrogens (tertiary/aromatic N) is 5. The Hall–Kier alpha value is -3.11. The molecule has 0 aliphatic rings. The van der Waals surface area contributed by atoms with Crippen molar-refractivity contribution >= 4 is 29.1 Å². The molecule has 2 aromatic heterocycles. The monoisotopic (exact) mass is 339 g/mol. The molecule has 120 valence electrons. The molecule has 1 aromatic carbocycles. The zero-order valence-corrected chi connectivity index (χ0v) is 13.8. The minimum Gasteiger partial charge on any atom is -0.372 e. The highest BCUT2D eigenvalue weighted by atomic mass is 35.5. The standard InChI is InChI=1S/C16H14ClN7/c1-10-14(9-21-24(10)13-5-3-12(17)4-6-13)22-16-20-8-11(7-18)15(19-2)23-16/h3-6,8-9H,1-2H3,(H2,19,20,22,23). The largest absolute Gasteiger partial charge is 0.372 e. The van der Waals surface area contributed by atoms with Crippen LogP contribution in [0, 0.1) is 18.3 Å². The molecule has 0 aliphatic carbocycles. The van der Waals surface area contributed by atoms with Crippen LogP contribution in [0.2, 0.25) is 5.02 Å². The average molecular weight is 340 g/mol. The Kier molecular flexibility index (Phi) is 4.31. The Labute approximate surface area is 143 Å². The maximum Gasteiger partial charge on any atom is 0.229 e. The highest BCUT2D eigenvalue weighted by Gasteiger charge is 2.11. The van der Waals surface area contributed by atoms with Crippen molar-refractivity contribution in [1.82, 2.24) is 19.7 Å². The van der Waals surface area contributed by atoms with Gasteiger partial charge in [-0.05, 0) is 31.2 Å². The second kappa shape index (κ2) is 6.56. The number of hydrogen-bond acceptors (Lipinski definition) is 6. The molecular formula is C16H14ClN7. The fourth-order valence-corrected chi connectivity index (χ4v) is 2.34. The fourth-order valence-electron chi connectivity index (χ4n) is 2.21. The predicted molar refractivity (Wildman–Crippen MR) is 92.9 cm³/mol. The normalized spacial score (nSPS) is 10.2. The highest BCUT2D eigenvalue weighted by molar-refractivity contribution is 6.30. The highest BCUT2D eigenvalue weighted by Crippen LogP contribution is 2.23. The zero-order chi connectivity index (χ0) is 17.1. The molecule has 7 nitrogen and oxygen atoms in total. The lowest BCUT2D eigenvalue weighted by Gasteiger charge is -2.08. The Balaban J connectivity index is 1.89. The molecule has 2 heterocycles. The topological polar surface area (TPSA) is 91.4 Å². The van der Waals surface area contributed by atoms with Gasteiger partial charge in [-0.1, -0.05) is 11.6 Å². The summed E-state index contributed by atoms with van der Waals surface area (Å²) in [5, 5.41) is 20.1. The molecule has 0 aliphatic heterocycles. The maximum absolute atomic E-state index is 9.01. The second-order valence-corrected chi connectivity index (χ2v) is 5.41. The summed E-state index contributed by atoms with van der Waals surface area (Å²) in [5.41, 5.74) is 2.96. The summed E-state index contributed by atoms with van der Waals surface area (Å²) < 4.78 is 1.79. The fraction of sp³-hybridized carbons (Fsp3) is 0.125. The Morgan fingerprint density at radius 3 is 2.62 bits per heavy atom. The van der Waals surface area contributed by atoms with E-state index in [0.717, 1.165) is 17.1 Å².